The summed E-state index contributed by atoms with van der Waals surface area (Å²) in [5.41, 5.74) is 0.417. The molecule has 0 saturated carbocycles. The van der Waals surface area contributed by atoms with Crippen LogP contribution >= 0.6 is 11.3 Å². The number of nitrogens with zero attached hydrogens (tertiary/aromatic N) is 1. The van der Waals surface area contributed by atoms with Gasteiger partial charge in [-0.2, -0.15) is 13.2 Å². The van der Waals surface area contributed by atoms with Gasteiger partial charge in [0.25, 0.3) is 5.91 Å². The highest BCUT2D eigenvalue weighted by Gasteiger charge is 2.30. The first-order chi connectivity index (χ1) is 16.1. The number of carbonyl (C=O) groups is 1. The van der Waals surface area contributed by atoms with Crippen molar-refractivity contribution in [3.05, 3.63) is 58.6 Å². The highest BCUT2D eigenvalue weighted by Crippen LogP contribution is 2.35. The molecule has 0 aliphatic heterocycles. The van der Waals surface area contributed by atoms with Gasteiger partial charge in [0, 0.05) is 12.1 Å². The van der Waals surface area contributed by atoms with Crippen LogP contribution in [-0.2, 0) is 6.18 Å². The van der Waals surface area contributed by atoms with Crippen LogP contribution in [0.15, 0.2) is 42.5 Å². The molecule has 3 rings (SSSR count). The summed E-state index contributed by atoms with van der Waals surface area (Å²) in [5, 5.41) is 13.3. The van der Waals surface area contributed by atoms with E-state index in [1.54, 1.807) is 25.1 Å². The van der Waals surface area contributed by atoms with E-state index in [0.717, 1.165) is 17.7 Å². The third-order valence-corrected chi connectivity index (χ3v) is 5.94. The van der Waals surface area contributed by atoms with E-state index in [1.807, 2.05) is 0 Å². The Labute approximate surface area is 198 Å². The second-order valence-corrected chi connectivity index (χ2v) is 8.20. The summed E-state index contributed by atoms with van der Waals surface area (Å²) >= 11 is 1.18. The number of halogens is 3. The summed E-state index contributed by atoms with van der Waals surface area (Å²) in [6.45, 7) is 1.25. The lowest BCUT2D eigenvalue weighted by Crippen LogP contribution is -2.35. The fourth-order valence-electron chi connectivity index (χ4n) is 3.00. The van der Waals surface area contributed by atoms with Crippen LogP contribution in [-0.4, -0.2) is 49.5 Å². The van der Waals surface area contributed by atoms with Gasteiger partial charge in [0.1, 0.15) is 28.3 Å². The molecular formula is C23H23F3N2O5S. The smallest absolute Gasteiger partial charge is 0.416 e. The van der Waals surface area contributed by atoms with Crippen molar-refractivity contribution >= 4 is 17.2 Å². The molecular weight excluding hydrogens is 473 g/mol. The summed E-state index contributed by atoms with van der Waals surface area (Å²) in [4.78, 5) is 17.4. The topological polar surface area (TPSA) is 89.9 Å². The molecule has 1 aromatic heterocycles. The van der Waals surface area contributed by atoms with Crippen LogP contribution in [0.4, 0.5) is 13.2 Å². The number of hydrogen-bond acceptors (Lipinski definition) is 7. The minimum absolute atomic E-state index is 0.0296. The van der Waals surface area contributed by atoms with Crippen molar-refractivity contribution in [3.63, 3.8) is 0 Å². The SMILES string of the molecule is COc1ccc(-c2nc(C)c(C(=O)NCC(O)COc3cccc(C(F)(F)F)c3)s2)cc1OC. The fourth-order valence-corrected chi connectivity index (χ4v) is 3.98. The number of aliphatic hydroxyl groups excluding tert-OH is 1. The van der Waals surface area contributed by atoms with Gasteiger partial charge in [0.05, 0.1) is 25.5 Å². The molecule has 3 aromatic rings. The average molecular weight is 497 g/mol. The zero-order chi connectivity index (χ0) is 24.9. The Hall–Kier alpha value is -3.31. The molecule has 34 heavy (non-hydrogen) atoms. The Morgan fingerprint density at radius 2 is 1.88 bits per heavy atom. The van der Waals surface area contributed by atoms with Gasteiger partial charge < -0.3 is 24.6 Å². The third kappa shape index (κ3) is 6.17. The van der Waals surface area contributed by atoms with Crippen LogP contribution in [0.5, 0.6) is 17.2 Å². The van der Waals surface area contributed by atoms with Crippen molar-refractivity contribution < 1.29 is 37.3 Å². The number of alkyl halides is 3. The second kappa shape index (κ2) is 10.7. The van der Waals surface area contributed by atoms with Crippen LogP contribution in [0, 0.1) is 6.92 Å². The number of methoxy groups -OCH3 is 2. The molecule has 0 spiro atoms. The van der Waals surface area contributed by atoms with Gasteiger partial charge in [-0.15, -0.1) is 11.3 Å². The molecule has 11 heteroatoms. The average Bonchev–Trinajstić information content (AvgIpc) is 3.22. The number of nitrogens with one attached hydrogen (secondary N) is 1. The van der Waals surface area contributed by atoms with E-state index in [2.05, 4.69) is 10.3 Å². The molecule has 0 radical (unpaired) electrons. The fraction of sp³-hybridized carbons (Fsp3) is 0.304. The zero-order valence-corrected chi connectivity index (χ0v) is 19.4. The van der Waals surface area contributed by atoms with Gasteiger partial charge in [-0.3, -0.25) is 4.79 Å². The van der Waals surface area contributed by atoms with Crippen molar-refractivity contribution in [1.29, 1.82) is 0 Å². The maximum absolute atomic E-state index is 12.8. The zero-order valence-electron chi connectivity index (χ0n) is 18.6. The van der Waals surface area contributed by atoms with Gasteiger partial charge in [-0.05, 0) is 43.3 Å². The Kier molecular flexibility index (Phi) is 8.00. The van der Waals surface area contributed by atoms with Gasteiger partial charge in [-0.1, -0.05) is 6.07 Å². The van der Waals surface area contributed by atoms with Crippen molar-refractivity contribution in [2.24, 2.45) is 0 Å². The Balaban J connectivity index is 1.59. The normalized spacial score (nSPS) is 12.2. The molecule has 0 aliphatic carbocycles. The van der Waals surface area contributed by atoms with E-state index >= 15 is 0 Å². The quantitative estimate of drug-likeness (QED) is 0.459. The van der Waals surface area contributed by atoms with Crippen LogP contribution in [0.3, 0.4) is 0 Å². The number of carbonyl (C=O) groups excluding carboxylic acids is 1. The molecule has 1 heterocycles. The summed E-state index contributed by atoms with van der Waals surface area (Å²) in [5.74, 6) is 0.638. The molecule has 1 amide bonds. The minimum atomic E-state index is -4.49. The molecule has 1 atom stereocenters. The number of thiazole rings is 1. The predicted octanol–water partition coefficient (Wildman–Crippen LogP) is 4.32. The monoisotopic (exact) mass is 496 g/mol. The molecule has 2 N–H and O–H groups in total. The highest BCUT2D eigenvalue weighted by molar-refractivity contribution is 7.17. The van der Waals surface area contributed by atoms with E-state index in [1.165, 1.54) is 37.7 Å². The predicted molar refractivity (Wildman–Crippen MR) is 121 cm³/mol. The minimum Gasteiger partial charge on any atom is -0.493 e. The molecule has 1 unspecified atom stereocenters. The van der Waals surface area contributed by atoms with E-state index in [9.17, 15) is 23.1 Å². The largest absolute Gasteiger partial charge is 0.493 e. The Morgan fingerprint density at radius 3 is 2.56 bits per heavy atom. The van der Waals surface area contributed by atoms with E-state index in [-0.39, 0.29) is 18.9 Å². The lowest BCUT2D eigenvalue weighted by molar-refractivity contribution is -0.137. The first kappa shape index (κ1) is 25.3. The molecule has 0 aliphatic rings. The van der Waals surface area contributed by atoms with Crippen LogP contribution in [0.1, 0.15) is 20.9 Å². The van der Waals surface area contributed by atoms with Crippen LogP contribution in [0.25, 0.3) is 10.6 Å². The Bertz CT molecular complexity index is 1150. The summed E-state index contributed by atoms with van der Waals surface area (Å²) < 4.78 is 54.1. The lowest BCUT2D eigenvalue weighted by Gasteiger charge is -2.14. The van der Waals surface area contributed by atoms with E-state index in [4.69, 9.17) is 14.2 Å². The molecule has 2 aromatic carbocycles. The van der Waals surface area contributed by atoms with Crippen molar-refractivity contribution in [2.45, 2.75) is 19.2 Å². The molecule has 0 bridgehead atoms. The molecule has 182 valence electrons. The number of aryl methyl sites for hydroxylation is 1. The summed E-state index contributed by atoms with van der Waals surface area (Å²) in [6.07, 6.45) is -5.62. The maximum atomic E-state index is 12.8. The number of aliphatic hydroxyl groups is 1. The number of amides is 1. The number of rotatable bonds is 9. The number of ether oxygens (including phenoxy) is 3. The van der Waals surface area contributed by atoms with Crippen LogP contribution < -0.4 is 19.5 Å². The van der Waals surface area contributed by atoms with Gasteiger partial charge >= 0.3 is 6.18 Å². The van der Waals surface area contributed by atoms with Crippen LogP contribution in [0.2, 0.25) is 0 Å². The van der Waals surface area contributed by atoms with Crippen molar-refractivity contribution in [2.75, 3.05) is 27.4 Å². The van der Waals surface area contributed by atoms with E-state index < -0.39 is 23.8 Å². The molecule has 7 nitrogen and oxygen atoms in total. The highest BCUT2D eigenvalue weighted by atomic mass is 32.1. The number of aromatic nitrogens is 1. The number of benzene rings is 2. The third-order valence-electron chi connectivity index (χ3n) is 4.74. The summed E-state index contributed by atoms with van der Waals surface area (Å²) in [7, 11) is 3.06. The van der Waals surface area contributed by atoms with E-state index in [0.29, 0.717) is 27.1 Å². The Morgan fingerprint density at radius 1 is 1.15 bits per heavy atom. The lowest BCUT2D eigenvalue weighted by atomic mass is 10.2. The molecule has 0 fully saturated rings. The second-order valence-electron chi connectivity index (χ2n) is 7.20. The van der Waals surface area contributed by atoms with Crippen molar-refractivity contribution in [1.82, 2.24) is 10.3 Å². The number of hydrogen-bond donors (Lipinski definition) is 2. The van der Waals surface area contributed by atoms with Crippen molar-refractivity contribution in [3.8, 4) is 27.8 Å². The van der Waals surface area contributed by atoms with Gasteiger partial charge in [-0.25, -0.2) is 4.98 Å². The first-order valence-electron chi connectivity index (χ1n) is 10.1. The summed E-state index contributed by atoms with van der Waals surface area (Å²) in [6, 6.07) is 9.65. The van der Waals surface area contributed by atoms with Gasteiger partial charge in [0.2, 0.25) is 0 Å². The molecule has 0 saturated heterocycles. The maximum Gasteiger partial charge on any atom is 0.416 e. The standard InChI is InChI=1S/C23H23F3N2O5S/c1-13-20(34-22(28-13)14-7-8-18(31-2)19(9-14)32-3)21(30)27-11-16(29)12-33-17-6-4-5-15(10-17)23(24,25)26/h4-10,16,29H,11-12H2,1-3H3,(H,27,30). The first-order valence-corrected chi connectivity index (χ1v) is 10.9. The van der Waals surface area contributed by atoms with Gasteiger partial charge in [0.15, 0.2) is 11.5 Å².